The van der Waals surface area contributed by atoms with E-state index in [1.807, 2.05) is 64.1 Å². The van der Waals surface area contributed by atoms with Gasteiger partial charge in [-0.1, -0.05) is 45.9 Å². The fraction of sp³-hybridized carbons (Fsp3) is 0.478. The van der Waals surface area contributed by atoms with Crippen LogP contribution in [0.4, 0.5) is 5.69 Å². The first kappa shape index (κ1) is 24.3. The summed E-state index contributed by atoms with van der Waals surface area (Å²) in [5.74, 6) is 0.828. The maximum atomic E-state index is 14.2. The summed E-state index contributed by atoms with van der Waals surface area (Å²) in [6.45, 7) is 8.68. The number of hydrogen-bond acceptors (Lipinski definition) is 6. The Bertz CT molecular complexity index is 810. The average molecular weight is 436 g/mol. The van der Waals surface area contributed by atoms with Crippen LogP contribution in [0.2, 0.25) is 0 Å². The second kappa shape index (κ2) is 11.4. The third kappa shape index (κ3) is 6.76. The van der Waals surface area contributed by atoms with Crippen molar-refractivity contribution >= 4 is 13.3 Å². The Morgan fingerprint density at radius 1 is 0.867 bits per heavy atom. The molecule has 0 aliphatic heterocycles. The first-order valence-electron chi connectivity index (χ1n) is 10.2. The lowest BCUT2D eigenvalue weighted by atomic mass is 10.1. The molecule has 2 aromatic rings. The van der Waals surface area contributed by atoms with Crippen LogP contribution in [0.15, 0.2) is 48.5 Å². The number of hydrogen-bond donors (Lipinski definition) is 1. The predicted molar refractivity (Wildman–Crippen MR) is 122 cm³/mol. The molecule has 1 unspecified atom stereocenters. The highest BCUT2D eigenvalue weighted by Gasteiger charge is 2.40. The molecule has 0 bridgehead atoms. The Morgan fingerprint density at radius 2 is 1.47 bits per heavy atom. The van der Waals surface area contributed by atoms with Crippen molar-refractivity contribution in [1.82, 2.24) is 0 Å². The van der Waals surface area contributed by atoms with Crippen molar-refractivity contribution in [2.45, 2.75) is 33.5 Å². The SMILES string of the molecule is COc1ccc(OC)c(C(Nc2ccccc2)P(=O)(OCC(C)C)OCC(C)C)c1. The normalized spacial score (nSPS) is 12.8. The molecular weight excluding hydrogens is 401 g/mol. The van der Waals surface area contributed by atoms with E-state index in [2.05, 4.69) is 5.32 Å². The lowest BCUT2D eigenvalue weighted by Crippen LogP contribution is -2.18. The molecule has 0 fully saturated rings. The fourth-order valence-electron chi connectivity index (χ4n) is 2.76. The highest BCUT2D eigenvalue weighted by atomic mass is 31.2. The van der Waals surface area contributed by atoms with E-state index in [0.717, 1.165) is 5.69 Å². The summed E-state index contributed by atoms with van der Waals surface area (Å²) >= 11 is 0. The molecule has 1 N–H and O–H groups in total. The van der Waals surface area contributed by atoms with Gasteiger partial charge in [0.1, 0.15) is 11.5 Å². The molecule has 1 atom stereocenters. The minimum absolute atomic E-state index is 0.200. The number of rotatable bonds is 12. The first-order valence-corrected chi connectivity index (χ1v) is 11.8. The van der Waals surface area contributed by atoms with E-state index in [-0.39, 0.29) is 11.8 Å². The zero-order chi connectivity index (χ0) is 22.1. The zero-order valence-electron chi connectivity index (χ0n) is 18.8. The van der Waals surface area contributed by atoms with Crippen LogP contribution in [-0.2, 0) is 13.6 Å². The quantitative estimate of drug-likeness (QED) is 0.392. The van der Waals surface area contributed by atoms with E-state index >= 15 is 0 Å². The number of anilines is 1. The highest BCUT2D eigenvalue weighted by Crippen LogP contribution is 2.62. The summed E-state index contributed by atoms with van der Waals surface area (Å²) in [7, 11) is -0.466. The van der Waals surface area contributed by atoms with Crippen molar-refractivity contribution < 1.29 is 23.1 Å². The first-order chi connectivity index (χ1) is 14.3. The van der Waals surface area contributed by atoms with Crippen LogP contribution < -0.4 is 14.8 Å². The third-order valence-corrected chi connectivity index (χ3v) is 6.36. The molecule has 2 aromatic carbocycles. The molecule has 0 saturated carbocycles. The van der Waals surface area contributed by atoms with E-state index < -0.39 is 13.4 Å². The molecular formula is C23H34NO5P. The van der Waals surface area contributed by atoms with Crippen LogP contribution in [-0.4, -0.2) is 27.4 Å². The molecule has 0 spiro atoms. The van der Waals surface area contributed by atoms with Crippen molar-refractivity contribution in [3.8, 4) is 11.5 Å². The van der Waals surface area contributed by atoms with Gasteiger partial charge in [-0.15, -0.1) is 0 Å². The Labute approximate surface area is 180 Å². The number of para-hydroxylation sites is 1. The molecule has 30 heavy (non-hydrogen) atoms. The van der Waals surface area contributed by atoms with E-state index in [1.165, 1.54) is 0 Å². The predicted octanol–water partition coefficient (Wildman–Crippen LogP) is 6.35. The van der Waals surface area contributed by atoms with Gasteiger partial charge in [0.05, 0.1) is 27.4 Å². The molecule has 6 nitrogen and oxygen atoms in total. The Hall–Kier alpha value is -2.01. The Morgan fingerprint density at radius 3 is 1.97 bits per heavy atom. The van der Waals surface area contributed by atoms with Gasteiger partial charge in [-0.3, -0.25) is 4.57 Å². The van der Waals surface area contributed by atoms with E-state index in [9.17, 15) is 4.57 Å². The average Bonchev–Trinajstić information content (AvgIpc) is 2.75. The maximum absolute atomic E-state index is 14.2. The van der Waals surface area contributed by atoms with Crippen LogP contribution in [0.5, 0.6) is 11.5 Å². The summed E-state index contributed by atoms with van der Waals surface area (Å²) in [4.78, 5) is 0. The molecule has 0 aliphatic rings. The number of benzene rings is 2. The van der Waals surface area contributed by atoms with Gasteiger partial charge in [0.15, 0.2) is 5.78 Å². The zero-order valence-corrected chi connectivity index (χ0v) is 19.6. The molecule has 0 amide bonds. The molecule has 0 radical (unpaired) electrons. The Balaban J connectivity index is 2.57. The summed E-state index contributed by atoms with van der Waals surface area (Å²) in [5, 5.41) is 3.36. The van der Waals surface area contributed by atoms with E-state index in [4.69, 9.17) is 18.5 Å². The van der Waals surface area contributed by atoms with Gasteiger partial charge in [-0.25, -0.2) is 0 Å². The van der Waals surface area contributed by atoms with Crippen LogP contribution in [0.25, 0.3) is 0 Å². The number of methoxy groups -OCH3 is 2. The molecule has 166 valence electrons. The van der Waals surface area contributed by atoms with Gasteiger partial charge in [0.2, 0.25) is 0 Å². The molecule has 2 rings (SSSR count). The van der Waals surface area contributed by atoms with Gasteiger partial charge in [-0.2, -0.15) is 0 Å². The van der Waals surface area contributed by atoms with Crippen LogP contribution in [0.3, 0.4) is 0 Å². The van der Waals surface area contributed by atoms with Crippen molar-refractivity contribution in [3.05, 3.63) is 54.1 Å². The van der Waals surface area contributed by atoms with Crippen LogP contribution in [0.1, 0.15) is 39.0 Å². The topological polar surface area (TPSA) is 66.0 Å². The Kier molecular flexibility index (Phi) is 9.22. The number of ether oxygens (including phenoxy) is 2. The smallest absolute Gasteiger partial charge is 0.357 e. The molecule has 0 heterocycles. The second-order valence-corrected chi connectivity index (χ2v) is 10.1. The van der Waals surface area contributed by atoms with E-state index in [0.29, 0.717) is 30.3 Å². The summed E-state index contributed by atoms with van der Waals surface area (Å²) in [5.41, 5.74) is 1.45. The fourth-order valence-corrected chi connectivity index (χ4v) is 5.00. The van der Waals surface area contributed by atoms with Gasteiger partial charge < -0.3 is 23.8 Å². The van der Waals surface area contributed by atoms with Gasteiger partial charge in [0, 0.05) is 11.3 Å². The standard InChI is InChI=1S/C23H34NO5P/c1-17(2)15-28-30(25,29-16-18(3)4)23(24-19-10-8-7-9-11-19)21-14-20(26-5)12-13-22(21)27-6/h7-14,17-18,23-24H,15-16H2,1-6H3. The van der Waals surface area contributed by atoms with Crippen LogP contribution in [0, 0.1) is 11.8 Å². The van der Waals surface area contributed by atoms with Crippen molar-refractivity contribution in [2.75, 3.05) is 32.8 Å². The number of nitrogens with one attached hydrogen (secondary N) is 1. The summed E-state index contributed by atoms with van der Waals surface area (Å²) in [6.07, 6.45) is 0. The molecule has 0 aliphatic carbocycles. The van der Waals surface area contributed by atoms with Crippen molar-refractivity contribution in [1.29, 1.82) is 0 Å². The van der Waals surface area contributed by atoms with E-state index in [1.54, 1.807) is 26.4 Å². The summed E-state index contributed by atoms with van der Waals surface area (Å²) < 4.78 is 37.1. The monoisotopic (exact) mass is 435 g/mol. The highest BCUT2D eigenvalue weighted by molar-refractivity contribution is 7.54. The largest absolute Gasteiger partial charge is 0.497 e. The summed E-state index contributed by atoms with van der Waals surface area (Å²) in [6, 6.07) is 15.0. The molecule has 7 heteroatoms. The minimum Gasteiger partial charge on any atom is -0.497 e. The third-order valence-electron chi connectivity index (χ3n) is 4.30. The van der Waals surface area contributed by atoms with Gasteiger partial charge >= 0.3 is 7.60 Å². The van der Waals surface area contributed by atoms with Crippen molar-refractivity contribution in [2.24, 2.45) is 11.8 Å². The molecule has 0 saturated heterocycles. The van der Waals surface area contributed by atoms with Crippen molar-refractivity contribution in [3.63, 3.8) is 0 Å². The van der Waals surface area contributed by atoms with Crippen LogP contribution >= 0.6 is 7.60 Å². The lowest BCUT2D eigenvalue weighted by Gasteiger charge is -2.31. The van der Waals surface area contributed by atoms with Gasteiger partial charge in [-0.05, 0) is 42.2 Å². The second-order valence-electron chi connectivity index (χ2n) is 7.94. The lowest BCUT2D eigenvalue weighted by molar-refractivity contribution is 0.168. The molecule has 0 aromatic heterocycles. The maximum Gasteiger partial charge on any atom is 0.357 e. The van der Waals surface area contributed by atoms with Gasteiger partial charge in [0.25, 0.3) is 0 Å². The minimum atomic E-state index is -3.64.